The van der Waals surface area contributed by atoms with Crippen LogP contribution in [-0.2, 0) is 21.2 Å². The summed E-state index contributed by atoms with van der Waals surface area (Å²) in [5.41, 5.74) is 4.28. The molecule has 0 aliphatic carbocycles. The maximum absolute atomic E-state index is 13.2. The fraction of sp³-hybridized carbons (Fsp3) is 0.364. The van der Waals surface area contributed by atoms with Gasteiger partial charge in [-0.05, 0) is 61.7 Å². The Morgan fingerprint density at radius 2 is 2.13 bits per heavy atom. The Morgan fingerprint density at radius 1 is 1.26 bits per heavy atom. The molecule has 2 aromatic carbocycles. The Hall–Kier alpha value is -2.49. The van der Waals surface area contributed by atoms with Gasteiger partial charge in [0.25, 0.3) is 0 Å². The number of fused-ring (bicyclic) bond motifs is 2. The molecule has 1 fully saturated rings. The van der Waals surface area contributed by atoms with Crippen molar-refractivity contribution in [3.05, 3.63) is 47.5 Å². The second-order valence-corrected chi connectivity index (χ2v) is 10.9. The van der Waals surface area contributed by atoms with Gasteiger partial charge < -0.3 is 10.1 Å². The molecule has 5 rings (SSSR count). The third kappa shape index (κ3) is 3.81. The summed E-state index contributed by atoms with van der Waals surface area (Å²) in [6.07, 6.45) is 1.70. The lowest BCUT2D eigenvalue weighted by atomic mass is 9.92. The van der Waals surface area contributed by atoms with Gasteiger partial charge in [-0.25, -0.2) is 13.4 Å². The van der Waals surface area contributed by atoms with E-state index in [1.54, 1.807) is 35.0 Å². The van der Waals surface area contributed by atoms with Crippen molar-refractivity contribution in [1.82, 2.24) is 9.29 Å². The summed E-state index contributed by atoms with van der Waals surface area (Å²) in [4.78, 5) is 17.4. The lowest BCUT2D eigenvalue weighted by Crippen LogP contribution is -2.46. The van der Waals surface area contributed by atoms with Gasteiger partial charge in [0, 0.05) is 30.6 Å². The number of ether oxygens (including phenoxy) is 1. The number of amides is 1. The molecule has 0 spiro atoms. The lowest BCUT2D eigenvalue weighted by Gasteiger charge is -2.36. The Labute approximate surface area is 185 Å². The summed E-state index contributed by atoms with van der Waals surface area (Å²) in [6, 6.07) is 10.5. The first-order valence-electron chi connectivity index (χ1n) is 10.3. The van der Waals surface area contributed by atoms with Crippen molar-refractivity contribution in [3.63, 3.8) is 0 Å². The fourth-order valence-electron chi connectivity index (χ4n) is 4.38. The molecule has 1 N–H and O–H groups in total. The van der Waals surface area contributed by atoms with E-state index in [4.69, 9.17) is 4.74 Å². The molecule has 0 bridgehead atoms. The molecule has 2 aliphatic rings. The first-order chi connectivity index (χ1) is 14.9. The van der Waals surface area contributed by atoms with Crippen LogP contribution in [0.4, 0.5) is 5.69 Å². The smallest absolute Gasteiger partial charge is 0.243 e. The SMILES string of the molecule is C[C@@H]1C[C@@H](C(=O)Nc2ccc3scnc3c2)CCN1S(=O)(=O)c1ccc2c(c1)CCO2. The summed E-state index contributed by atoms with van der Waals surface area (Å²) in [6.45, 7) is 2.78. The van der Waals surface area contributed by atoms with Crippen molar-refractivity contribution in [3.8, 4) is 5.75 Å². The Bertz CT molecular complexity index is 1250. The predicted octanol–water partition coefficient (Wildman–Crippen LogP) is 3.66. The van der Waals surface area contributed by atoms with Crippen LogP contribution in [0.2, 0.25) is 0 Å². The number of carbonyl (C=O) groups is 1. The molecular formula is C22H23N3O4S2. The summed E-state index contributed by atoms with van der Waals surface area (Å²) in [5, 5.41) is 2.97. The number of benzene rings is 2. The molecule has 1 saturated heterocycles. The molecule has 9 heteroatoms. The first kappa shape index (κ1) is 20.4. The van der Waals surface area contributed by atoms with Crippen LogP contribution >= 0.6 is 11.3 Å². The minimum absolute atomic E-state index is 0.0758. The molecule has 31 heavy (non-hydrogen) atoms. The molecule has 1 amide bonds. The maximum atomic E-state index is 13.2. The second kappa shape index (κ2) is 7.89. The zero-order valence-electron chi connectivity index (χ0n) is 17.1. The van der Waals surface area contributed by atoms with Gasteiger partial charge in [0.15, 0.2) is 0 Å². The summed E-state index contributed by atoms with van der Waals surface area (Å²) in [7, 11) is -3.62. The highest BCUT2D eigenvalue weighted by atomic mass is 32.2. The Morgan fingerprint density at radius 3 is 2.97 bits per heavy atom. The average Bonchev–Trinajstić information content (AvgIpc) is 3.41. The van der Waals surface area contributed by atoms with Crippen LogP contribution < -0.4 is 10.1 Å². The number of sulfonamides is 1. The van der Waals surface area contributed by atoms with Crippen LogP contribution in [0.15, 0.2) is 46.8 Å². The fourth-order valence-corrected chi connectivity index (χ4v) is 6.75. The summed E-state index contributed by atoms with van der Waals surface area (Å²) < 4.78 is 34.6. The van der Waals surface area contributed by atoms with Crippen molar-refractivity contribution < 1.29 is 17.9 Å². The highest BCUT2D eigenvalue weighted by Gasteiger charge is 2.37. The number of piperidine rings is 1. The van der Waals surface area contributed by atoms with E-state index in [0.29, 0.717) is 36.6 Å². The van der Waals surface area contributed by atoms with E-state index < -0.39 is 10.0 Å². The minimum atomic E-state index is -3.62. The number of carbonyl (C=O) groups excluding carboxylic acids is 1. The monoisotopic (exact) mass is 457 g/mol. The number of rotatable bonds is 4. The molecule has 7 nitrogen and oxygen atoms in total. The third-order valence-electron chi connectivity index (χ3n) is 6.05. The quantitative estimate of drug-likeness (QED) is 0.646. The van der Waals surface area contributed by atoms with Crippen molar-refractivity contribution in [2.45, 2.75) is 37.1 Å². The molecule has 3 aromatic rings. The van der Waals surface area contributed by atoms with Gasteiger partial charge in [0.1, 0.15) is 5.75 Å². The zero-order chi connectivity index (χ0) is 21.6. The summed E-state index contributed by atoms with van der Waals surface area (Å²) >= 11 is 1.56. The second-order valence-electron chi connectivity index (χ2n) is 8.08. The number of anilines is 1. The van der Waals surface area contributed by atoms with E-state index in [2.05, 4.69) is 10.3 Å². The highest BCUT2D eigenvalue weighted by molar-refractivity contribution is 7.89. The zero-order valence-corrected chi connectivity index (χ0v) is 18.7. The molecule has 2 aliphatic heterocycles. The molecule has 3 heterocycles. The number of thiazole rings is 1. The first-order valence-corrected chi connectivity index (χ1v) is 12.7. The molecule has 0 unspecified atom stereocenters. The summed E-state index contributed by atoms with van der Waals surface area (Å²) in [5.74, 6) is 0.451. The Balaban J connectivity index is 1.27. The van der Waals surface area contributed by atoms with E-state index in [9.17, 15) is 13.2 Å². The van der Waals surface area contributed by atoms with Crippen molar-refractivity contribution in [1.29, 1.82) is 0 Å². The average molecular weight is 458 g/mol. The van der Waals surface area contributed by atoms with Gasteiger partial charge >= 0.3 is 0 Å². The van der Waals surface area contributed by atoms with Gasteiger partial charge in [-0.15, -0.1) is 11.3 Å². The van der Waals surface area contributed by atoms with Gasteiger partial charge in [0.2, 0.25) is 15.9 Å². The van der Waals surface area contributed by atoms with Crippen LogP contribution in [0.1, 0.15) is 25.3 Å². The van der Waals surface area contributed by atoms with Crippen LogP contribution in [0, 0.1) is 5.92 Å². The molecule has 1 aromatic heterocycles. The normalized spacial score (nSPS) is 21.6. The van der Waals surface area contributed by atoms with Gasteiger partial charge in [-0.2, -0.15) is 4.31 Å². The van der Waals surface area contributed by atoms with Crippen LogP contribution in [0.5, 0.6) is 5.75 Å². The third-order valence-corrected chi connectivity index (χ3v) is 8.87. The van der Waals surface area contributed by atoms with E-state index >= 15 is 0 Å². The van der Waals surface area contributed by atoms with Gasteiger partial charge in [-0.1, -0.05) is 0 Å². The van der Waals surface area contributed by atoms with E-state index in [1.807, 2.05) is 25.1 Å². The minimum Gasteiger partial charge on any atom is -0.493 e. The lowest BCUT2D eigenvalue weighted by molar-refractivity contribution is -0.121. The number of aromatic nitrogens is 1. The number of hydrogen-bond acceptors (Lipinski definition) is 6. The number of hydrogen-bond donors (Lipinski definition) is 1. The Kier molecular flexibility index (Phi) is 5.19. The standard InChI is InChI=1S/C22H23N3O4S2/c1-14-10-16(22(26)24-17-2-5-21-19(12-17)23-13-30-21)6-8-25(14)31(27,28)18-3-4-20-15(11-18)7-9-29-20/h2-5,11-14,16H,6-10H2,1H3,(H,24,26)/t14-,16+/m1/s1. The molecule has 162 valence electrons. The molecule has 2 atom stereocenters. The van der Waals surface area contributed by atoms with Crippen LogP contribution in [-0.4, -0.2) is 42.8 Å². The van der Waals surface area contributed by atoms with E-state index in [1.165, 1.54) is 4.31 Å². The largest absolute Gasteiger partial charge is 0.493 e. The van der Waals surface area contributed by atoms with Gasteiger partial charge in [0.05, 0.1) is 27.2 Å². The van der Waals surface area contributed by atoms with Crippen molar-refractivity contribution in [2.75, 3.05) is 18.5 Å². The number of nitrogens with zero attached hydrogens (tertiary/aromatic N) is 2. The van der Waals surface area contributed by atoms with Crippen LogP contribution in [0.3, 0.4) is 0 Å². The van der Waals surface area contributed by atoms with Crippen molar-refractivity contribution in [2.24, 2.45) is 5.92 Å². The molecular weight excluding hydrogens is 434 g/mol. The highest BCUT2D eigenvalue weighted by Crippen LogP contribution is 2.33. The van der Waals surface area contributed by atoms with E-state index in [0.717, 1.165) is 28.0 Å². The van der Waals surface area contributed by atoms with Crippen molar-refractivity contribution >= 4 is 43.2 Å². The molecule has 0 radical (unpaired) electrons. The molecule has 0 saturated carbocycles. The maximum Gasteiger partial charge on any atom is 0.243 e. The topological polar surface area (TPSA) is 88.6 Å². The van der Waals surface area contributed by atoms with Crippen LogP contribution in [0.25, 0.3) is 10.2 Å². The van der Waals surface area contributed by atoms with Gasteiger partial charge in [-0.3, -0.25) is 4.79 Å². The predicted molar refractivity (Wildman–Crippen MR) is 120 cm³/mol. The van der Waals surface area contributed by atoms with E-state index in [-0.39, 0.29) is 17.9 Å². The number of nitrogens with one attached hydrogen (secondary N) is 1.